The van der Waals surface area contributed by atoms with E-state index < -0.39 is 0 Å². The van der Waals surface area contributed by atoms with Gasteiger partial charge in [-0.1, -0.05) is 93.9 Å². The van der Waals surface area contributed by atoms with Gasteiger partial charge in [0.2, 0.25) is 0 Å². The van der Waals surface area contributed by atoms with E-state index in [9.17, 15) is 0 Å². The molecule has 0 aliphatic rings. The van der Waals surface area contributed by atoms with Crippen molar-refractivity contribution in [1.29, 1.82) is 0 Å². The van der Waals surface area contributed by atoms with Crippen LogP contribution in [0.4, 0.5) is 0 Å². The number of rotatable bonds is 4. The van der Waals surface area contributed by atoms with Crippen LogP contribution in [0.15, 0.2) is 126 Å². The molecule has 0 fully saturated rings. The Morgan fingerprint density at radius 1 is 0.640 bits per heavy atom. The molecule has 3 heterocycles. The Kier molecular flexibility index (Phi) is 10.2. The normalized spacial score (nSPS) is 11.3. The number of nitrogens with zero attached hydrogens (tertiary/aromatic N) is 2. The zero-order valence-corrected chi connectivity index (χ0v) is 31.8. The van der Waals surface area contributed by atoms with Crippen LogP contribution in [0.1, 0.15) is 43.0 Å². The van der Waals surface area contributed by atoms with Crippen molar-refractivity contribution in [2.24, 2.45) is 5.41 Å². The van der Waals surface area contributed by atoms with Crippen LogP contribution in [0.3, 0.4) is 0 Å². The molecule has 0 unspecified atom stereocenters. The molecule has 5 aromatic carbocycles. The molecule has 0 amide bonds. The summed E-state index contributed by atoms with van der Waals surface area (Å²) >= 11 is 0. The van der Waals surface area contributed by atoms with Gasteiger partial charge < -0.3 is 14.4 Å². The molecule has 0 spiro atoms. The quantitative estimate of drug-likeness (QED) is 0.166. The van der Waals surface area contributed by atoms with Crippen molar-refractivity contribution in [3.05, 3.63) is 156 Å². The van der Waals surface area contributed by atoms with Crippen LogP contribution in [-0.4, -0.2) is 9.97 Å². The number of aryl methyl sites for hydroxylation is 3. The monoisotopic (exact) mass is 829 g/mol. The van der Waals surface area contributed by atoms with Crippen LogP contribution in [0, 0.1) is 38.3 Å². The first-order valence-electron chi connectivity index (χ1n) is 16.9. The number of pyridine rings is 2. The third-order valence-electron chi connectivity index (χ3n) is 8.88. The zero-order chi connectivity index (χ0) is 34.1. The number of para-hydroxylation sites is 1. The number of fused-ring (bicyclic) bond motifs is 5. The van der Waals surface area contributed by atoms with Crippen LogP contribution >= 0.6 is 0 Å². The first-order valence-corrected chi connectivity index (χ1v) is 16.9. The Bertz CT molecular complexity index is 2370. The zero-order valence-electron chi connectivity index (χ0n) is 29.4. The fourth-order valence-electron chi connectivity index (χ4n) is 6.38. The first kappa shape index (κ1) is 35.0. The van der Waals surface area contributed by atoms with Crippen LogP contribution in [0.25, 0.3) is 66.4 Å². The van der Waals surface area contributed by atoms with E-state index in [1.54, 1.807) is 0 Å². The summed E-state index contributed by atoms with van der Waals surface area (Å²) in [6, 6.07) is 44.5. The predicted molar refractivity (Wildman–Crippen MR) is 205 cm³/mol. The molecule has 251 valence electrons. The number of hydrogen-bond acceptors (Lipinski definition) is 3. The number of furan rings is 1. The van der Waals surface area contributed by atoms with Gasteiger partial charge in [-0.15, -0.1) is 70.8 Å². The Morgan fingerprint density at radius 2 is 1.42 bits per heavy atom. The van der Waals surface area contributed by atoms with Gasteiger partial charge in [-0.2, -0.15) is 0 Å². The Labute approximate surface area is 308 Å². The molecule has 3 aromatic heterocycles. The molecule has 0 saturated carbocycles. The van der Waals surface area contributed by atoms with Gasteiger partial charge in [0.05, 0.1) is 0 Å². The molecule has 1 radical (unpaired) electrons. The van der Waals surface area contributed by atoms with E-state index in [0.29, 0.717) is 0 Å². The van der Waals surface area contributed by atoms with Gasteiger partial charge in [0.15, 0.2) is 0 Å². The molecule has 0 saturated heterocycles. The Balaban J connectivity index is 0.000000242. The maximum absolute atomic E-state index is 6.13. The molecule has 0 aliphatic carbocycles. The van der Waals surface area contributed by atoms with Gasteiger partial charge in [0.1, 0.15) is 11.2 Å². The first-order chi connectivity index (χ1) is 23.6. The molecular formula is C46H40IrN2O-2. The maximum Gasteiger partial charge on any atom is 0.136 e. The third-order valence-corrected chi connectivity index (χ3v) is 8.88. The van der Waals surface area contributed by atoms with Crippen molar-refractivity contribution in [2.45, 2.75) is 48.0 Å². The number of benzene rings is 5. The maximum atomic E-state index is 6.13. The minimum absolute atomic E-state index is 0. The second-order valence-corrected chi connectivity index (χ2v) is 14.2. The molecule has 8 rings (SSSR count). The van der Waals surface area contributed by atoms with Crippen LogP contribution in [0.5, 0.6) is 0 Å². The topological polar surface area (TPSA) is 38.9 Å². The second-order valence-electron chi connectivity index (χ2n) is 14.2. The average Bonchev–Trinajstić information content (AvgIpc) is 3.49. The van der Waals surface area contributed by atoms with Gasteiger partial charge in [-0.05, 0) is 76.7 Å². The number of aromatic nitrogens is 2. The third kappa shape index (κ3) is 7.48. The van der Waals surface area contributed by atoms with E-state index in [-0.39, 0.29) is 25.5 Å². The largest absolute Gasteiger partial charge is 0.456 e. The van der Waals surface area contributed by atoms with E-state index in [4.69, 9.17) is 9.40 Å². The van der Waals surface area contributed by atoms with Gasteiger partial charge in [-0.25, -0.2) is 0 Å². The fraction of sp³-hybridized carbons (Fsp3) is 0.174. The summed E-state index contributed by atoms with van der Waals surface area (Å²) in [5.41, 5.74) is 13.5. The van der Waals surface area contributed by atoms with Gasteiger partial charge in [-0.3, -0.25) is 0 Å². The molecule has 8 aromatic rings. The molecule has 0 bridgehead atoms. The average molecular weight is 829 g/mol. The smallest absolute Gasteiger partial charge is 0.136 e. The Hall–Kier alpha value is -4.89. The van der Waals surface area contributed by atoms with Crippen molar-refractivity contribution >= 4 is 32.7 Å². The van der Waals surface area contributed by atoms with Gasteiger partial charge in [0, 0.05) is 43.3 Å². The molecule has 50 heavy (non-hydrogen) atoms. The molecule has 3 nitrogen and oxygen atoms in total. The van der Waals surface area contributed by atoms with Crippen molar-refractivity contribution in [3.63, 3.8) is 0 Å². The minimum atomic E-state index is 0. The molecule has 0 aliphatic heterocycles. The van der Waals surface area contributed by atoms with Gasteiger partial charge >= 0.3 is 0 Å². The van der Waals surface area contributed by atoms with E-state index in [0.717, 1.165) is 51.1 Å². The van der Waals surface area contributed by atoms with E-state index in [2.05, 4.69) is 125 Å². The summed E-state index contributed by atoms with van der Waals surface area (Å²) in [6.45, 7) is 13.1. The van der Waals surface area contributed by atoms with E-state index in [1.165, 1.54) is 44.0 Å². The summed E-state index contributed by atoms with van der Waals surface area (Å²) in [4.78, 5) is 9.11. The van der Waals surface area contributed by atoms with Crippen LogP contribution in [0.2, 0.25) is 0 Å². The van der Waals surface area contributed by atoms with E-state index in [1.807, 2.05) is 55.7 Å². The summed E-state index contributed by atoms with van der Waals surface area (Å²) in [5.74, 6) is 0. The second kappa shape index (κ2) is 14.5. The van der Waals surface area contributed by atoms with Crippen molar-refractivity contribution in [1.82, 2.24) is 9.97 Å². The summed E-state index contributed by atoms with van der Waals surface area (Å²) in [5, 5.41) is 4.76. The minimum Gasteiger partial charge on any atom is -0.456 e. The Morgan fingerprint density at radius 3 is 2.18 bits per heavy atom. The van der Waals surface area contributed by atoms with Crippen molar-refractivity contribution < 1.29 is 24.5 Å². The molecule has 0 atom stereocenters. The van der Waals surface area contributed by atoms with Crippen molar-refractivity contribution in [2.75, 3.05) is 0 Å². The molecule has 0 N–H and O–H groups in total. The number of hydrogen-bond donors (Lipinski definition) is 0. The van der Waals surface area contributed by atoms with Crippen LogP contribution in [-0.2, 0) is 26.5 Å². The summed E-state index contributed by atoms with van der Waals surface area (Å²) in [7, 11) is 0. The van der Waals surface area contributed by atoms with Gasteiger partial charge in [0.25, 0.3) is 0 Å². The molecule has 4 heteroatoms. The fourth-order valence-corrected chi connectivity index (χ4v) is 6.38. The SMILES string of the molecule is Cc1c[c-]c(-c2ccc(C)cn2)cc1.Cc1cnc(-c2[c-]ccc(-c3cccc4c3ccc3oc5ccccc5c34)c2)cc1CC(C)(C)C.[Ir]. The predicted octanol–water partition coefficient (Wildman–Crippen LogP) is 12.3. The molecular weight excluding hydrogens is 789 g/mol. The standard InChI is InChI=1S/C33H28NO.C13H12N.Ir/c1-21-20-34-29(18-24(21)19-33(2,3)4)23-10-7-9-22(17-23)25-12-8-13-27-26(25)15-16-31-32(27)28-11-5-6-14-30(28)35-31;1-10-3-6-12(7-4-10)13-8-5-11(2)9-14-13;/h5-9,11-18,20H,19H2,1-4H3;3-6,8-9H,1-2H3;/q2*-1;. The van der Waals surface area contributed by atoms with Crippen LogP contribution < -0.4 is 0 Å². The summed E-state index contributed by atoms with van der Waals surface area (Å²) in [6.07, 6.45) is 4.89. The van der Waals surface area contributed by atoms with Crippen molar-refractivity contribution in [3.8, 4) is 33.6 Å². The van der Waals surface area contributed by atoms with E-state index >= 15 is 0 Å². The summed E-state index contributed by atoms with van der Waals surface area (Å²) < 4.78 is 6.13.